The summed E-state index contributed by atoms with van der Waals surface area (Å²) >= 11 is 0. The van der Waals surface area contributed by atoms with Crippen LogP contribution in [0.5, 0.6) is 0 Å². The van der Waals surface area contributed by atoms with Crippen molar-refractivity contribution in [2.75, 3.05) is 0 Å². The predicted octanol–water partition coefficient (Wildman–Crippen LogP) is -0.924. The van der Waals surface area contributed by atoms with E-state index in [1.165, 1.54) is 0 Å². The molecule has 5 heavy (non-hydrogen) atoms. The minimum absolute atomic E-state index is 0. The molecule has 0 saturated heterocycles. The summed E-state index contributed by atoms with van der Waals surface area (Å²) in [7, 11) is 0. The molecule has 0 nitrogen and oxygen atoms in total. The number of rotatable bonds is 0. The van der Waals surface area contributed by atoms with Crippen molar-refractivity contribution < 1.29 is 105 Å². The first-order valence-corrected chi connectivity index (χ1v) is 0. The van der Waals surface area contributed by atoms with Crippen LogP contribution in [0.25, 0.3) is 0 Å². The molecular weight excluding hydrogens is 592 g/mol. The molecule has 0 aliphatic rings. The molecule has 0 aliphatic carbocycles. The van der Waals surface area contributed by atoms with E-state index in [9.17, 15) is 0 Å². The third-order valence-electron chi connectivity index (χ3n) is 0. The van der Waals surface area contributed by atoms with Crippen LogP contribution in [0.2, 0.25) is 0 Å². The largest absolute Gasteiger partial charge is 0 e. The molecule has 0 atom stereocenters. The van der Waals surface area contributed by atoms with Crippen LogP contribution in [-0.2, 0) is 63.6 Å². The maximum Gasteiger partial charge on any atom is 0 e. The van der Waals surface area contributed by atoms with Crippen molar-refractivity contribution in [1.82, 2.24) is 0 Å². The zero-order valence-electron chi connectivity index (χ0n) is 2.38. The Morgan fingerprint density at radius 3 is 1.00 bits per heavy atom. The molecular formula is H2CeRuSbTaTi. The van der Waals surface area contributed by atoms with Gasteiger partial charge in [-0.1, -0.05) is 0 Å². The van der Waals surface area contributed by atoms with E-state index in [2.05, 4.69) is 0 Å². The Morgan fingerprint density at radius 1 is 1.00 bits per heavy atom. The molecule has 0 fully saturated rings. The van der Waals surface area contributed by atoms with Crippen molar-refractivity contribution in [2.24, 2.45) is 0 Å². The molecule has 0 aromatic heterocycles. The standard InChI is InChI=1S/Ce.Ru.Sb.Ta.Ti.2H. The van der Waals surface area contributed by atoms with Gasteiger partial charge in [-0.05, 0) is 0 Å². The first-order valence-electron chi connectivity index (χ1n) is 0. The zero-order valence-corrected chi connectivity index (χ0v) is 15.3. The van der Waals surface area contributed by atoms with Crippen molar-refractivity contribution in [1.29, 1.82) is 0 Å². The van der Waals surface area contributed by atoms with Gasteiger partial charge in [0.15, 0.2) is 0 Å². The average molecular weight is 594 g/mol. The van der Waals surface area contributed by atoms with Gasteiger partial charge in [0, 0.05) is 105 Å². The Morgan fingerprint density at radius 2 is 1.00 bits per heavy atom. The van der Waals surface area contributed by atoms with Crippen molar-refractivity contribution >= 4 is 24.4 Å². The molecule has 0 bridgehead atoms. The zero-order chi connectivity index (χ0) is 0. The van der Waals surface area contributed by atoms with E-state index in [0.29, 0.717) is 0 Å². The van der Waals surface area contributed by atoms with Gasteiger partial charge in [-0.15, -0.1) is 0 Å². The second-order valence-electron chi connectivity index (χ2n) is 0. The van der Waals surface area contributed by atoms with Crippen LogP contribution in [0.4, 0.5) is 0 Å². The van der Waals surface area contributed by atoms with Crippen LogP contribution in [0.15, 0.2) is 0 Å². The van der Waals surface area contributed by atoms with Gasteiger partial charge in [0.25, 0.3) is 0 Å². The second kappa shape index (κ2) is 24.0. The molecule has 0 aromatic rings. The Labute approximate surface area is 126 Å². The summed E-state index contributed by atoms with van der Waals surface area (Å²) in [5.41, 5.74) is 0. The van der Waals surface area contributed by atoms with Gasteiger partial charge in [-0.25, -0.2) is 0 Å². The van der Waals surface area contributed by atoms with E-state index < -0.39 is 0 Å². The van der Waals surface area contributed by atoms with Crippen molar-refractivity contribution in [3.63, 3.8) is 0 Å². The van der Waals surface area contributed by atoms with Crippen LogP contribution in [0, 0.1) is 41.7 Å². The smallest absolute Gasteiger partial charge is 0 e. The van der Waals surface area contributed by atoms with Crippen LogP contribution in [-0.4, -0.2) is 24.4 Å². The quantitative estimate of drug-likeness (QED) is 0.319. The molecule has 28 valence electrons. The topological polar surface area (TPSA) is 0 Å². The molecule has 0 aromatic carbocycles. The average Bonchev–Trinajstić information content (AvgIpc) is 0. The van der Waals surface area contributed by atoms with E-state index in [-0.39, 0.29) is 130 Å². The van der Waals surface area contributed by atoms with E-state index in [1.54, 1.807) is 0 Å². The van der Waals surface area contributed by atoms with Crippen LogP contribution >= 0.6 is 0 Å². The van der Waals surface area contributed by atoms with Gasteiger partial charge in [0.05, 0.1) is 0 Å². The summed E-state index contributed by atoms with van der Waals surface area (Å²) in [6.07, 6.45) is 0. The molecule has 0 saturated carbocycles. The maximum atomic E-state index is 0. The van der Waals surface area contributed by atoms with Crippen LogP contribution < -0.4 is 0 Å². The number of hydrogen-bond donors (Lipinski definition) is 0. The Bertz CT molecular complexity index is 11.6. The number of hydrogen-bond acceptors (Lipinski definition) is 0. The fourth-order valence-corrected chi connectivity index (χ4v) is 0. The van der Waals surface area contributed by atoms with E-state index in [1.807, 2.05) is 0 Å². The molecule has 5 heteroatoms. The van der Waals surface area contributed by atoms with Gasteiger partial charge in [0.2, 0.25) is 0 Å². The van der Waals surface area contributed by atoms with Crippen molar-refractivity contribution in [3.05, 3.63) is 0 Å². The summed E-state index contributed by atoms with van der Waals surface area (Å²) in [4.78, 5) is 0. The molecule has 0 amide bonds. The second-order valence-corrected chi connectivity index (χ2v) is 0. The van der Waals surface area contributed by atoms with E-state index >= 15 is 0 Å². The summed E-state index contributed by atoms with van der Waals surface area (Å²) in [5.74, 6) is 0. The van der Waals surface area contributed by atoms with Crippen LogP contribution in [0.1, 0.15) is 0 Å². The van der Waals surface area contributed by atoms with Gasteiger partial charge in [-0.2, -0.15) is 0 Å². The third kappa shape index (κ3) is 17.8. The van der Waals surface area contributed by atoms with E-state index in [0.717, 1.165) is 0 Å². The van der Waals surface area contributed by atoms with Gasteiger partial charge in [0.1, 0.15) is 0 Å². The molecule has 0 N–H and O–H groups in total. The fourth-order valence-electron chi connectivity index (χ4n) is 0. The minimum atomic E-state index is 0. The van der Waals surface area contributed by atoms with Gasteiger partial charge >= 0.3 is 24.4 Å². The molecule has 0 unspecified atom stereocenters. The SMILES string of the molecule is [Ce].[Ru].[SbH2].[Ta].[Ti]. The molecule has 0 heterocycles. The van der Waals surface area contributed by atoms with Gasteiger partial charge < -0.3 is 0 Å². The Hall–Kier alpha value is 4.27. The first kappa shape index (κ1) is 34.8. The summed E-state index contributed by atoms with van der Waals surface area (Å²) in [5, 5.41) is 0. The monoisotopic (exact) mass is 594 g/mol. The summed E-state index contributed by atoms with van der Waals surface area (Å²) in [6.45, 7) is 0. The molecule has 2 radical (unpaired) electrons. The van der Waals surface area contributed by atoms with Crippen LogP contribution in [0.3, 0.4) is 0 Å². The maximum absolute atomic E-state index is 0. The van der Waals surface area contributed by atoms with Crippen molar-refractivity contribution in [2.45, 2.75) is 0 Å². The molecule has 0 rings (SSSR count). The summed E-state index contributed by atoms with van der Waals surface area (Å²) < 4.78 is 0. The Kier molecular flexibility index (Phi) is 167. The van der Waals surface area contributed by atoms with E-state index in [4.69, 9.17) is 0 Å². The third-order valence-corrected chi connectivity index (χ3v) is 0. The van der Waals surface area contributed by atoms with Crippen molar-refractivity contribution in [3.8, 4) is 0 Å². The molecule has 0 aliphatic heterocycles. The Balaban J connectivity index is 0. The molecule has 0 spiro atoms. The predicted molar refractivity (Wildman–Crippen MR) is 8.54 cm³/mol. The summed E-state index contributed by atoms with van der Waals surface area (Å²) in [6, 6.07) is 0. The normalized spacial score (nSPS) is 0. The van der Waals surface area contributed by atoms with Gasteiger partial charge in [-0.3, -0.25) is 0 Å². The fraction of sp³-hybridized carbons (Fsp3) is 0. The minimum Gasteiger partial charge on any atom is 0 e. The first-order chi connectivity index (χ1) is 0.